The van der Waals surface area contributed by atoms with E-state index in [0.717, 1.165) is 24.2 Å². The van der Waals surface area contributed by atoms with Crippen molar-refractivity contribution in [2.45, 2.75) is 13.0 Å². The van der Waals surface area contributed by atoms with Gasteiger partial charge in [0.1, 0.15) is 5.56 Å². The van der Waals surface area contributed by atoms with Gasteiger partial charge in [-0.05, 0) is 0 Å². The monoisotopic (exact) mass is 207 g/mol. The molecule has 1 aromatic rings. The second-order valence-electron chi connectivity index (χ2n) is 3.43. The summed E-state index contributed by atoms with van der Waals surface area (Å²) in [5.74, 6) is -0.437. The molecule has 0 bridgehead atoms. The fraction of sp³-hybridized carbons (Fsp3) is 0.400. The van der Waals surface area contributed by atoms with E-state index in [2.05, 4.69) is 15.0 Å². The van der Waals surface area contributed by atoms with Crippen LogP contribution in [-0.2, 0) is 17.7 Å². The Morgan fingerprint density at radius 1 is 1.67 bits per heavy atom. The van der Waals surface area contributed by atoms with Crippen molar-refractivity contribution in [3.05, 3.63) is 23.0 Å². The first kappa shape index (κ1) is 9.92. The quantitative estimate of drug-likeness (QED) is 0.638. The van der Waals surface area contributed by atoms with Gasteiger partial charge < -0.3 is 15.8 Å². The molecule has 1 aromatic heterocycles. The lowest BCUT2D eigenvalue weighted by Gasteiger charge is -2.19. The number of aromatic nitrogens is 1. The number of ether oxygens (including phenoxy) is 1. The number of carbonyl (C=O) groups excluding carboxylic acids is 1. The molecule has 0 amide bonds. The minimum absolute atomic E-state index is 0.347. The fourth-order valence-corrected chi connectivity index (χ4v) is 1.71. The van der Waals surface area contributed by atoms with Gasteiger partial charge in [0.15, 0.2) is 0 Å². The molecule has 2 heterocycles. The van der Waals surface area contributed by atoms with E-state index in [1.54, 1.807) is 0 Å². The first-order chi connectivity index (χ1) is 7.24. The normalized spacial score (nSPS) is 14.5. The summed E-state index contributed by atoms with van der Waals surface area (Å²) in [7, 11) is 1.33. The maximum Gasteiger partial charge on any atom is 0.341 e. The van der Waals surface area contributed by atoms with Crippen LogP contribution in [0.3, 0.4) is 0 Å². The van der Waals surface area contributed by atoms with E-state index < -0.39 is 5.97 Å². The van der Waals surface area contributed by atoms with Crippen LogP contribution < -0.4 is 11.1 Å². The summed E-state index contributed by atoms with van der Waals surface area (Å²) in [6.07, 6.45) is 2.34. The van der Waals surface area contributed by atoms with E-state index in [9.17, 15) is 4.79 Å². The van der Waals surface area contributed by atoms with Gasteiger partial charge in [0, 0.05) is 37.0 Å². The number of nitrogen functional groups attached to an aromatic ring is 1. The Balaban J connectivity index is 2.47. The van der Waals surface area contributed by atoms with Crippen LogP contribution in [0, 0.1) is 0 Å². The highest BCUT2D eigenvalue weighted by Gasteiger charge is 2.19. The zero-order chi connectivity index (χ0) is 10.8. The standard InChI is InChI=1S/C10H13N3O2/c1-15-10(14)7-5-13-8-2-3-12-4-6(8)9(7)11/h5,12H,2-4H2,1H3,(H2,11,13). The van der Waals surface area contributed by atoms with Crippen LogP contribution in [0.25, 0.3) is 0 Å². The van der Waals surface area contributed by atoms with Gasteiger partial charge in [-0.2, -0.15) is 0 Å². The molecule has 0 saturated heterocycles. The third kappa shape index (κ3) is 1.66. The first-order valence-electron chi connectivity index (χ1n) is 4.79. The van der Waals surface area contributed by atoms with Gasteiger partial charge >= 0.3 is 5.97 Å². The number of anilines is 1. The molecular formula is C10H13N3O2. The smallest absolute Gasteiger partial charge is 0.341 e. The van der Waals surface area contributed by atoms with E-state index in [4.69, 9.17) is 5.73 Å². The third-order valence-corrected chi connectivity index (χ3v) is 2.56. The van der Waals surface area contributed by atoms with Crippen LogP contribution in [0.15, 0.2) is 6.20 Å². The van der Waals surface area contributed by atoms with Gasteiger partial charge in [-0.1, -0.05) is 0 Å². The molecule has 15 heavy (non-hydrogen) atoms. The van der Waals surface area contributed by atoms with Crippen molar-refractivity contribution in [2.24, 2.45) is 0 Å². The number of fused-ring (bicyclic) bond motifs is 1. The molecule has 0 unspecified atom stereocenters. The van der Waals surface area contributed by atoms with Crippen molar-refractivity contribution >= 4 is 11.7 Å². The number of rotatable bonds is 1. The Bertz CT molecular complexity index is 404. The summed E-state index contributed by atoms with van der Waals surface area (Å²) >= 11 is 0. The lowest BCUT2D eigenvalue weighted by Crippen LogP contribution is -2.26. The van der Waals surface area contributed by atoms with Crippen molar-refractivity contribution in [2.75, 3.05) is 19.4 Å². The number of nitrogens with two attached hydrogens (primary N) is 1. The van der Waals surface area contributed by atoms with Crippen LogP contribution in [0.4, 0.5) is 5.69 Å². The molecule has 80 valence electrons. The van der Waals surface area contributed by atoms with Crippen molar-refractivity contribution < 1.29 is 9.53 Å². The number of esters is 1. The molecular weight excluding hydrogens is 194 g/mol. The second-order valence-corrected chi connectivity index (χ2v) is 3.43. The first-order valence-corrected chi connectivity index (χ1v) is 4.79. The average molecular weight is 207 g/mol. The van der Waals surface area contributed by atoms with E-state index >= 15 is 0 Å². The van der Waals surface area contributed by atoms with Crippen molar-refractivity contribution in [1.82, 2.24) is 10.3 Å². The predicted molar refractivity (Wildman–Crippen MR) is 55.4 cm³/mol. The topological polar surface area (TPSA) is 77.2 Å². The molecule has 5 nitrogen and oxygen atoms in total. The Hall–Kier alpha value is -1.62. The maximum absolute atomic E-state index is 11.4. The Morgan fingerprint density at radius 2 is 2.47 bits per heavy atom. The second kappa shape index (κ2) is 3.86. The molecule has 0 spiro atoms. The summed E-state index contributed by atoms with van der Waals surface area (Å²) in [5.41, 5.74) is 8.62. The number of nitrogens with one attached hydrogen (secondary N) is 1. The highest BCUT2D eigenvalue weighted by Crippen LogP contribution is 2.22. The highest BCUT2D eigenvalue weighted by atomic mass is 16.5. The molecule has 0 atom stereocenters. The molecule has 5 heteroatoms. The van der Waals surface area contributed by atoms with Crippen molar-refractivity contribution in [3.8, 4) is 0 Å². The van der Waals surface area contributed by atoms with Crippen LogP contribution in [0.2, 0.25) is 0 Å². The molecule has 0 radical (unpaired) electrons. The Morgan fingerprint density at radius 3 is 3.20 bits per heavy atom. The summed E-state index contributed by atoms with van der Waals surface area (Å²) in [6, 6.07) is 0. The van der Waals surface area contributed by atoms with Gasteiger partial charge in [-0.25, -0.2) is 4.79 Å². The highest BCUT2D eigenvalue weighted by molar-refractivity contribution is 5.95. The van der Waals surface area contributed by atoms with Crippen LogP contribution in [0.5, 0.6) is 0 Å². The molecule has 3 N–H and O–H groups in total. The molecule has 0 aliphatic carbocycles. The third-order valence-electron chi connectivity index (χ3n) is 2.56. The lowest BCUT2D eigenvalue weighted by atomic mass is 10.0. The van der Waals surface area contributed by atoms with E-state index in [1.807, 2.05) is 0 Å². The summed E-state index contributed by atoms with van der Waals surface area (Å²) < 4.78 is 4.63. The largest absolute Gasteiger partial charge is 0.465 e. The molecule has 0 aromatic carbocycles. The lowest BCUT2D eigenvalue weighted by molar-refractivity contribution is 0.0601. The summed E-state index contributed by atoms with van der Waals surface area (Å²) in [6.45, 7) is 1.57. The van der Waals surface area contributed by atoms with E-state index in [0.29, 0.717) is 17.8 Å². The number of nitrogens with zero attached hydrogens (tertiary/aromatic N) is 1. The predicted octanol–water partition coefficient (Wildman–Crippen LogP) is 0.0961. The van der Waals surface area contributed by atoms with Gasteiger partial charge in [0.25, 0.3) is 0 Å². The maximum atomic E-state index is 11.4. The number of carbonyl (C=O) groups is 1. The van der Waals surface area contributed by atoms with Crippen molar-refractivity contribution in [1.29, 1.82) is 0 Å². The van der Waals surface area contributed by atoms with Crippen molar-refractivity contribution in [3.63, 3.8) is 0 Å². The van der Waals surface area contributed by atoms with E-state index in [-0.39, 0.29) is 0 Å². The molecule has 1 aliphatic heterocycles. The number of hydrogen-bond acceptors (Lipinski definition) is 5. The van der Waals surface area contributed by atoms with E-state index in [1.165, 1.54) is 13.3 Å². The van der Waals surface area contributed by atoms with Gasteiger partial charge in [0.05, 0.1) is 12.8 Å². The zero-order valence-corrected chi connectivity index (χ0v) is 8.54. The molecule has 0 saturated carbocycles. The minimum atomic E-state index is -0.437. The van der Waals surface area contributed by atoms with Gasteiger partial charge in [0.2, 0.25) is 0 Å². The SMILES string of the molecule is COC(=O)c1cnc2c(c1N)CNCC2. The zero-order valence-electron chi connectivity index (χ0n) is 8.54. The average Bonchev–Trinajstić information content (AvgIpc) is 2.29. The minimum Gasteiger partial charge on any atom is -0.465 e. The van der Waals surface area contributed by atoms with Crippen LogP contribution >= 0.6 is 0 Å². The summed E-state index contributed by atoms with van der Waals surface area (Å²) in [5, 5.41) is 3.19. The van der Waals surface area contributed by atoms with Gasteiger partial charge in [-0.15, -0.1) is 0 Å². The summed E-state index contributed by atoms with van der Waals surface area (Å²) in [4.78, 5) is 15.6. The molecule has 0 fully saturated rings. The molecule has 1 aliphatic rings. The number of pyridine rings is 1. The Kier molecular flexibility index (Phi) is 2.55. The van der Waals surface area contributed by atoms with Crippen LogP contribution in [0.1, 0.15) is 21.6 Å². The van der Waals surface area contributed by atoms with Crippen LogP contribution in [-0.4, -0.2) is 24.6 Å². The molecule has 2 rings (SSSR count). The Labute approximate surface area is 87.6 Å². The van der Waals surface area contributed by atoms with Gasteiger partial charge in [-0.3, -0.25) is 4.98 Å². The number of hydrogen-bond donors (Lipinski definition) is 2. The fourth-order valence-electron chi connectivity index (χ4n) is 1.71. The number of methoxy groups -OCH3 is 1.